The van der Waals surface area contributed by atoms with Gasteiger partial charge in [0.2, 0.25) is 0 Å². The molecule has 1 aromatic heterocycles. The molecule has 1 saturated carbocycles. The predicted molar refractivity (Wildman–Crippen MR) is 88.5 cm³/mol. The van der Waals surface area contributed by atoms with Crippen LogP contribution in [0.1, 0.15) is 44.0 Å². The van der Waals surface area contributed by atoms with Gasteiger partial charge in [0.1, 0.15) is 0 Å². The quantitative estimate of drug-likeness (QED) is 0.811. The number of fused-ring (bicyclic) bond motifs is 1. The maximum absolute atomic E-state index is 6.18. The summed E-state index contributed by atoms with van der Waals surface area (Å²) in [6, 6.07) is 4.15. The van der Waals surface area contributed by atoms with E-state index in [1.54, 1.807) is 11.3 Å². The maximum atomic E-state index is 6.18. The van der Waals surface area contributed by atoms with E-state index >= 15 is 0 Å². The lowest BCUT2D eigenvalue weighted by Gasteiger charge is -2.28. The SMILES string of the molecule is CCC1(CNc2cc3nc(C)sc3cc2N)CCCC1. The van der Waals surface area contributed by atoms with E-state index in [0.29, 0.717) is 5.41 Å². The van der Waals surface area contributed by atoms with Crippen molar-refractivity contribution < 1.29 is 0 Å². The first kappa shape index (κ1) is 13.7. The van der Waals surface area contributed by atoms with E-state index in [0.717, 1.165) is 28.4 Å². The fourth-order valence-corrected chi connectivity index (χ4v) is 4.18. The maximum Gasteiger partial charge on any atom is 0.0907 e. The number of hydrogen-bond donors (Lipinski definition) is 2. The van der Waals surface area contributed by atoms with Crippen LogP contribution in [-0.4, -0.2) is 11.5 Å². The van der Waals surface area contributed by atoms with Crippen LogP contribution in [0.3, 0.4) is 0 Å². The minimum Gasteiger partial charge on any atom is -0.397 e. The molecule has 1 fully saturated rings. The van der Waals surface area contributed by atoms with Gasteiger partial charge in [-0.2, -0.15) is 0 Å². The Labute approximate surface area is 124 Å². The largest absolute Gasteiger partial charge is 0.397 e. The Morgan fingerprint density at radius 1 is 1.35 bits per heavy atom. The van der Waals surface area contributed by atoms with Gasteiger partial charge in [0.15, 0.2) is 0 Å². The first-order valence-corrected chi connectivity index (χ1v) is 8.34. The predicted octanol–water partition coefficient (Wildman–Crippen LogP) is 4.57. The van der Waals surface area contributed by atoms with Crippen molar-refractivity contribution in [1.29, 1.82) is 0 Å². The second kappa shape index (κ2) is 5.24. The molecule has 4 heteroatoms. The second-order valence-electron chi connectivity index (χ2n) is 6.05. The third-order valence-corrected chi connectivity index (χ3v) is 5.67. The van der Waals surface area contributed by atoms with Crippen LogP contribution in [0, 0.1) is 12.3 Å². The molecule has 1 aliphatic rings. The van der Waals surface area contributed by atoms with Gasteiger partial charge in [-0.05, 0) is 43.7 Å². The first-order valence-electron chi connectivity index (χ1n) is 7.52. The Kier molecular flexibility index (Phi) is 3.59. The van der Waals surface area contributed by atoms with Gasteiger partial charge < -0.3 is 11.1 Å². The van der Waals surface area contributed by atoms with Gasteiger partial charge in [-0.1, -0.05) is 19.8 Å². The summed E-state index contributed by atoms with van der Waals surface area (Å²) < 4.78 is 1.18. The van der Waals surface area contributed by atoms with Crippen LogP contribution < -0.4 is 11.1 Å². The van der Waals surface area contributed by atoms with Crippen molar-refractivity contribution in [3.8, 4) is 0 Å². The van der Waals surface area contributed by atoms with Crippen molar-refractivity contribution in [1.82, 2.24) is 4.98 Å². The summed E-state index contributed by atoms with van der Waals surface area (Å²) >= 11 is 1.70. The number of thiazole rings is 1. The van der Waals surface area contributed by atoms with Gasteiger partial charge in [0.25, 0.3) is 0 Å². The standard InChI is InChI=1S/C16H23N3S/c1-3-16(6-4-5-7-16)10-18-13-9-14-15(8-12(13)17)20-11(2)19-14/h8-9,18H,3-7,10,17H2,1-2H3. The summed E-state index contributed by atoms with van der Waals surface area (Å²) in [5.41, 5.74) is 9.59. The number of rotatable bonds is 4. The average Bonchev–Trinajstić information content (AvgIpc) is 3.02. The summed E-state index contributed by atoms with van der Waals surface area (Å²) in [7, 11) is 0. The molecule has 1 aromatic carbocycles. The van der Waals surface area contributed by atoms with Gasteiger partial charge in [-0.25, -0.2) is 4.98 Å². The van der Waals surface area contributed by atoms with Crippen molar-refractivity contribution in [3.05, 3.63) is 17.1 Å². The van der Waals surface area contributed by atoms with Crippen LogP contribution in [-0.2, 0) is 0 Å². The van der Waals surface area contributed by atoms with Crippen LogP contribution in [0.5, 0.6) is 0 Å². The Balaban J connectivity index is 1.81. The highest BCUT2D eigenvalue weighted by Crippen LogP contribution is 2.41. The smallest absolute Gasteiger partial charge is 0.0907 e. The summed E-state index contributed by atoms with van der Waals surface area (Å²) in [5, 5.41) is 4.68. The molecular weight excluding hydrogens is 266 g/mol. The topological polar surface area (TPSA) is 50.9 Å². The molecule has 0 bridgehead atoms. The molecule has 0 aliphatic heterocycles. The highest BCUT2D eigenvalue weighted by molar-refractivity contribution is 7.18. The van der Waals surface area contributed by atoms with E-state index in [1.165, 1.54) is 36.8 Å². The zero-order valence-electron chi connectivity index (χ0n) is 12.3. The molecule has 1 heterocycles. The zero-order valence-corrected chi connectivity index (χ0v) is 13.1. The average molecular weight is 289 g/mol. The molecule has 1 aliphatic carbocycles. The third kappa shape index (κ3) is 2.49. The Bertz CT molecular complexity index is 611. The molecule has 0 radical (unpaired) electrons. The van der Waals surface area contributed by atoms with Crippen molar-refractivity contribution in [2.24, 2.45) is 5.41 Å². The van der Waals surface area contributed by atoms with Crippen molar-refractivity contribution in [2.75, 3.05) is 17.6 Å². The van der Waals surface area contributed by atoms with Gasteiger partial charge >= 0.3 is 0 Å². The number of hydrogen-bond acceptors (Lipinski definition) is 4. The number of nitrogen functional groups attached to an aromatic ring is 1. The van der Waals surface area contributed by atoms with Gasteiger partial charge in [-0.15, -0.1) is 11.3 Å². The van der Waals surface area contributed by atoms with E-state index in [2.05, 4.69) is 29.4 Å². The summed E-state index contributed by atoms with van der Waals surface area (Å²) in [4.78, 5) is 4.56. The molecule has 20 heavy (non-hydrogen) atoms. The van der Waals surface area contributed by atoms with Gasteiger partial charge in [0, 0.05) is 6.54 Å². The lowest BCUT2D eigenvalue weighted by molar-refractivity contribution is 0.307. The van der Waals surface area contributed by atoms with Crippen LogP contribution >= 0.6 is 11.3 Å². The molecule has 2 aromatic rings. The number of aromatic nitrogens is 1. The molecule has 0 saturated heterocycles. The summed E-state index contributed by atoms with van der Waals surface area (Å²) in [6.07, 6.45) is 6.67. The Hall–Kier alpha value is -1.29. The summed E-state index contributed by atoms with van der Waals surface area (Å²) in [5.74, 6) is 0. The minimum absolute atomic E-state index is 0.472. The number of nitrogens with two attached hydrogens (primary N) is 1. The Morgan fingerprint density at radius 2 is 2.10 bits per heavy atom. The first-order chi connectivity index (χ1) is 9.62. The van der Waals surface area contributed by atoms with Crippen molar-refractivity contribution >= 4 is 32.9 Å². The van der Waals surface area contributed by atoms with Crippen LogP contribution in [0.15, 0.2) is 12.1 Å². The lowest BCUT2D eigenvalue weighted by Crippen LogP contribution is -2.26. The van der Waals surface area contributed by atoms with E-state index < -0.39 is 0 Å². The Morgan fingerprint density at radius 3 is 2.80 bits per heavy atom. The minimum atomic E-state index is 0.472. The number of anilines is 2. The molecular formula is C16H23N3S. The fourth-order valence-electron chi connectivity index (χ4n) is 3.32. The number of benzene rings is 1. The van der Waals surface area contributed by atoms with E-state index in [-0.39, 0.29) is 0 Å². The fraction of sp³-hybridized carbons (Fsp3) is 0.562. The van der Waals surface area contributed by atoms with Gasteiger partial charge in [0.05, 0.1) is 26.6 Å². The number of aryl methyl sites for hydroxylation is 1. The highest BCUT2D eigenvalue weighted by atomic mass is 32.1. The molecule has 0 atom stereocenters. The summed E-state index contributed by atoms with van der Waals surface area (Å²) in [6.45, 7) is 5.38. The van der Waals surface area contributed by atoms with Crippen molar-refractivity contribution in [2.45, 2.75) is 46.0 Å². The monoisotopic (exact) mass is 289 g/mol. The molecule has 0 unspecified atom stereocenters. The van der Waals surface area contributed by atoms with Crippen molar-refractivity contribution in [3.63, 3.8) is 0 Å². The number of nitrogens with zero attached hydrogens (tertiary/aromatic N) is 1. The van der Waals surface area contributed by atoms with E-state index in [1.807, 2.05) is 6.92 Å². The van der Waals surface area contributed by atoms with Crippen LogP contribution in [0.25, 0.3) is 10.2 Å². The third-order valence-electron chi connectivity index (χ3n) is 4.73. The zero-order chi connectivity index (χ0) is 14.2. The van der Waals surface area contributed by atoms with Crippen LogP contribution in [0.2, 0.25) is 0 Å². The van der Waals surface area contributed by atoms with Gasteiger partial charge in [-0.3, -0.25) is 0 Å². The molecule has 3 N–H and O–H groups in total. The molecule has 3 nitrogen and oxygen atoms in total. The lowest BCUT2D eigenvalue weighted by atomic mass is 9.83. The molecule has 0 spiro atoms. The molecule has 108 valence electrons. The van der Waals surface area contributed by atoms with E-state index in [4.69, 9.17) is 5.73 Å². The molecule has 3 rings (SSSR count). The van der Waals surface area contributed by atoms with E-state index in [9.17, 15) is 0 Å². The number of nitrogens with one attached hydrogen (secondary N) is 1. The van der Waals surface area contributed by atoms with Crippen LogP contribution in [0.4, 0.5) is 11.4 Å². The molecule has 0 amide bonds. The highest BCUT2D eigenvalue weighted by Gasteiger charge is 2.31. The second-order valence-corrected chi connectivity index (χ2v) is 7.29. The normalized spacial score (nSPS) is 17.7.